The van der Waals surface area contributed by atoms with Crippen molar-refractivity contribution in [3.63, 3.8) is 0 Å². The molecule has 4 nitrogen and oxygen atoms in total. The van der Waals surface area contributed by atoms with Crippen LogP contribution in [0, 0.1) is 5.92 Å². The zero-order valence-electron chi connectivity index (χ0n) is 12.2. The van der Waals surface area contributed by atoms with E-state index in [1.54, 1.807) is 0 Å². The number of unbranched alkanes of at least 4 members (excludes halogenated alkanes) is 1. The second-order valence-electron chi connectivity index (χ2n) is 5.11. The van der Waals surface area contributed by atoms with Crippen LogP contribution in [0.1, 0.15) is 39.5 Å². The van der Waals surface area contributed by atoms with Crippen LogP contribution in [0.5, 0.6) is 0 Å². The minimum Gasteiger partial charge on any atom is -0.380 e. The zero-order valence-corrected chi connectivity index (χ0v) is 12.2. The molecular formula is C14H29N3O. The monoisotopic (exact) mass is 255 g/mol. The summed E-state index contributed by atoms with van der Waals surface area (Å²) in [6, 6.07) is 0. The number of nitrogens with one attached hydrogen (secondary N) is 1. The number of hydrogen-bond acceptors (Lipinski definition) is 2. The molecule has 18 heavy (non-hydrogen) atoms. The fourth-order valence-corrected chi connectivity index (χ4v) is 2.14. The molecule has 4 heteroatoms. The third kappa shape index (κ3) is 5.71. The van der Waals surface area contributed by atoms with Crippen molar-refractivity contribution in [2.24, 2.45) is 10.9 Å². The molecule has 1 aliphatic rings. The fraction of sp³-hybridized carbons (Fsp3) is 0.929. The second-order valence-corrected chi connectivity index (χ2v) is 5.11. The van der Waals surface area contributed by atoms with E-state index < -0.39 is 0 Å². The maximum absolute atomic E-state index is 5.54. The number of nitrogens with zero attached hydrogens (tertiary/aromatic N) is 2. The van der Waals surface area contributed by atoms with E-state index in [-0.39, 0.29) is 0 Å². The van der Waals surface area contributed by atoms with Gasteiger partial charge >= 0.3 is 0 Å². The molecule has 0 aromatic rings. The van der Waals surface area contributed by atoms with Crippen LogP contribution in [0.25, 0.3) is 0 Å². The molecule has 0 unspecified atom stereocenters. The van der Waals surface area contributed by atoms with Gasteiger partial charge in [0.25, 0.3) is 0 Å². The van der Waals surface area contributed by atoms with Crippen LogP contribution < -0.4 is 5.32 Å². The van der Waals surface area contributed by atoms with Gasteiger partial charge in [-0.2, -0.15) is 0 Å². The Morgan fingerprint density at radius 2 is 2.06 bits per heavy atom. The largest absolute Gasteiger partial charge is 0.380 e. The number of ether oxygens (including phenoxy) is 1. The topological polar surface area (TPSA) is 36.9 Å². The molecule has 1 fully saturated rings. The molecule has 0 spiro atoms. The van der Waals surface area contributed by atoms with Crippen molar-refractivity contribution in [3.05, 3.63) is 0 Å². The molecule has 1 aliphatic heterocycles. The summed E-state index contributed by atoms with van der Waals surface area (Å²) in [4.78, 5) is 6.70. The van der Waals surface area contributed by atoms with Gasteiger partial charge in [0.15, 0.2) is 5.96 Å². The molecule has 0 aromatic carbocycles. The Balaban J connectivity index is 2.14. The smallest absolute Gasteiger partial charge is 0.193 e. The highest BCUT2D eigenvalue weighted by molar-refractivity contribution is 5.79. The van der Waals surface area contributed by atoms with Crippen molar-refractivity contribution < 1.29 is 4.74 Å². The summed E-state index contributed by atoms with van der Waals surface area (Å²) in [7, 11) is 1.86. The standard InChI is InChI=1S/C14H29N3O/c1-4-5-11-18-12-8-16-14(15-3)17-9-6-13(2)7-10-17/h13H,4-12H2,1-3H3,(H,15,16). The highest BCUT2D eigenvalue weighted by Crippen LogP contribution is 2.15. The van der Waals surface area contributed by atoms with Gasteiger partial charge in [0.05, 0.1) is 6.61 Å². The van der Waals surface area contributed by atoms with E-state index in [4.69, 9.17) is 4.74 Å². The highest BCUT2D eigenvalue weighted by atomic mass is 16.5. The maximum Gasteiger partial charge on any atom is 0.193 e. The summed E-state index contributed by atoms with van der Waals surface area (Å²) in [5.74, 6) is 1.89. The Labute approximate surface area is 112 Å². The third-order valence-corrected chi connectivity index (χ3v) is 3.47. The van der Waals surface area contributed by atoms with Gasteiger partial charge in [-0.25, -0.2) is 0 Å². The van der Waals surface area contributed by atoms with Crippen LogP contribution in [-0.2, 0) is 4.74 Å². The Hall–Kier alpha value is -0.770. The van der Waals surface area contributed by atoms with Gasteiger partial charge < -0.3 is 15.0 Å². The highest BCUT2D eigenvalue weighted by Gasteiger charge is 2.17. The van der Waals surface area contributed by atoms with Crippen LogP contribution in [-0.4, -0.2) is 50.8 Å². The fourth-order valence-electron chi connectivity index (χ4n) is 2.14. The minimum atomic E-state index is 0.767. The van der Waals surface area contributed by atoms with Gasteiger partial charge in [-0.15, -0.1) is 0 Å². The number of likely N-dealkylation sites (tertiary alicyclic amines) is 1. The van der Waals surface area contributed by atoms with Gasteiger partial charge in [-0.1, -0.05) is 20.3 Å². The lowest BCUT2D eigenvalue weighted by molar-refractivity contribution is 0.135. The first-order chi connectivity index (χ1) is 8.77. The normalized spacial score (nSPS) is 18.2. The number of rotatable bonds is 6. The van der Waals surface area contributed by atoms with E-state index >= 15 is 0 Å². The van der Waals surface area contributed by atoms with E-state index in [2.05, 4.69) is 29.1 Å². The first-order valence-corrected chi connectivity index (χ1v) is 7.31. The van der Waals surface area contributed by atoms with Crippen molar-refractivity contribution in [2.45, 2.75) is 39.5 Å². The predicted octanol–water partition coefficient (Wildman–Crippen LogP) is 2.11. The molecular weight excluding hydrogens is 226 g/mol. The molecule has 0 radical (unpaired) electrons. The quantitative estimate of drug-likeness (QED) is 0.449. The molecule has 1 rings (SSSR count). The Morgan fingerprint density at radius 3 is 2.67 bits per heavy atom. The Kier molecular flexibility index (Phi) is 7.81. The number of hydrogen-bond donors (Lipinski definition) is 1. The molecule has 0 aliphatic carbocycles. The summed E-state index contributed by atoms with van der Waals surface area (Å²) < 4.78 is 5.54. The van der Waals surface area contributed by atoms with Crippen LogP contribution in [0.15, 0.2) is 4.99 Å². The van der Waals surface area contributed by atoms with Gasteiger partial charge in [-0.05, 0) is 25.2 Å². The summed E-state index contributed by atoms with van der Waals surface area (Å²) in [5, 5.41) is 3.38. The van der Waals surface area contributed by atoms with Crippen LogP contribution in [0.2, 0.25) is 0 Å². The van der Waals surface area contributed by atoms with Gasteiger partial charge in [0.1, 0.15) is 0 Å². The zero-order chi connectivity index (χ0) is 13.2. The number of guanidine groups is 1. The lowest BCUT2D eigenvalue weighted by Crippen LogP contribution is -2.46. The van der Waals surface area contributed by atoms with E-state index in [1.807, 2.05) is 7.05 Å². The van der Waals surface area contributed by atoms with Gasteiger partial charge in [-0.3, -0.25) is 4.99 Å². The summed E-state index contributed by atoms with van der Waals surface area (Å²) in [5.41, 5.74) is 0. The summed E-state index contributed by atoms with van der Waals surface area (Å²) in [6.07, 6.45) is 4.89. The minimum absolute atomic E-state index is 0.767. The van der Waals surface area contributed by atoms with Crippen molar-refractivity contribution in [3.8, 4) is 0 Å². The average molecular weight is 255 g/mol. The molecule has 1 heterocycles. The summed E-state index contributed by atoms with van der Waals surface area (Å²) in [6.45, 7) is 9.24. The van der Waals surface area contributed by atoms with Crippen molar-refractivity contribution >= 4 is 5.96 Å². The van der Waals surface area contributed by atoms with Crippen molar-refractivity contribution in [1.29, 1.82) is 0 Å². The Bertz CT molecular complexity index is 235. The predicted molar refractivity (Wildman–Crippen MR) is 77.1 cm³/mol. The molecule has 0 saturated carbocycles. The van der Waals surface area contributed by atoms with Crippen LogP contribution in [0.4, 0.5) is 0 Å². The molecule has 0 atom stereocenters. The molecule has 0 amide bonds. The van der Waals surface area contributed by atoms with E-state index in [0.717, 1.165) is 51.1 Å². The summed E-state index contributed by atoms with van der Waals surface area (Å²) >= 11 is 0. The van der Waals surface area contributed by atoms with E-state index in [0.29, 0.717) is 0 Å². The first-order valence-electron chi connectivity index (χ1n) is 7.31. The van der Waals surface area contributed by atoms with Crippen molar-refractivity contribution in [1.82, 2.24) is 10.2 Å². The molecule has 0 bridgehead atoms. The average Bonchev–Trinajstić information content (AvgIpc) is 2.39. The van der Waals surface area contributed by atoms with E-state index in [9.17, 15) is 0 Å². The molecule has 1 N–H and O–H groups in total. The second kappa shape index (κ2) is 9.20. The van der Waals surface area contributed by atoms with Crippen LogP contribution in [0.3, 0.4) is 0 Å². The molecule has 0 aromatic heterocycles. The lowest BCUT2D eigenvalue weighted by Gasteiger charge is -2.32. The molecule has 106 valence electrons. The molecule has 1 saturated heterocycles. The van der Waals surface area contributed by atoms with Gasteiger partial charge in [0.2, 0.25) is 0 Å². The maximum atomic E-state index is 5.54. The van der Waals surface area contributed by atoms with Crippen molar-refractivity contribution in [2.75, 3.05) is 39.9 Å². The van der Waals surface area contributed by atoms with Gasteiger partial charge in [0, 0.05) is 33.3 Å². The third-order valence-electron chi connectivity index (χ3n) is 3.47. The van der Waals surface area contributed by atoms with E-state index in [1.165, 1.54) is 19.3 Å². The first kappa shape index (κ1) is 15.3. The number of piperidine rings is 1. The lowest BCUT2D eigenvalue weighted by atomic mass is 10.00. The number of aliphatic imine (C=N–C) groups is 1. The Morgan fingerprint density at radius 1 is 1.33 bits per heavy atom. The SMILES string of the molecule is CCCCOCCNC(=NC)N1CCC(C)CC1. The van der Waals surface area contributed by atoms with Crippen LogP contribution >= 0.6 is 0 Å².